The molecule has 0 radical (unpaired) electrons. The predicted octanol–water partition coefficient (Wildman–Crippen LogP) is 4.48. The Hall–Kier alpha value is -2.49. The number of likely N-dealkylation sites (tertiary alicyclic amines) is 1. The van der Waals surface area contributed by atoms with E-state index < -0.39 is 17.7 Å². The molecule has 0 aliphatic carbocycles. The second-order valence-corrected chi connectivity index (χ2v) is 7.74. The van der Waals surface area contributed by atoms with Crippen LogP contribution in [0.1, 0.15) is 19.8 Å². The highest BCUT2D eigenvalue weighted by Crippen LogP contribution is 2.27. The Morgan fingerprint density at radius 1 is 1.28 bits per heavy atom. The van der Waals surface area contributed by atoms with E-state index >= 15 is 0 Å². The van der Waals surface area contributed by atoms with Gasteiger partial charge in [-0.1, -0.05) is 0 Å². The zero-order valence-corrected chi connectivity index (χ0v) is 17.5. The third-order valence-electron chi connectivity index (χ3n) is 4.99. The van der Waals surface area contributed by atoms with E-state index in [9.17, 15) is 13.6 Å². The van der Waals surface area contributed by atoms with Crippen LogP contribution in [0.4, 0.5) is 30.9 Å². The molecule has 0 unspecified atom stereocenters. The van der Waals surface area contributed by atoms with Crippen LogP contribution in [0.3, 0.4) is 0 Å². The summed E-state index contributed by atoms with van der Waals surface area (Å²) >= 11 is 2.95. The van der Waals surface area contributed by atoms with Gasteiger partial charge in [-0.25, -0.2) is 23.5 Å². The molecule has 1 aliphatic heterocycles. The lowest BCUT2D eigenvalue weighted by atomic mass is 9.96. The fourth-order valence-corrected chi connectivity index (χ4v) is 3.66. The molecule has 0 atom stereocenters. The molecule has 0 bridgehead atoms. The van der Waals surface area contributed by atoms with E-state index in [2.05, 4.69) is 36.1 Å². The number of halogens is 3. The van der Waals surface area contributed by atoms with Gasteiger partial charge in [-0.05, 0) is 47.7 Å². The normalized spacial score (nSPS) is 14.7. The van der Waals surface area contributed by atoms with Gasteiger partial charge in [0, 0.05) is 38.3 Å². The molecule has 3 rings (SSSR count). The highest BCUT2D eigenvalue weighted by molar-refractivity contribution is 9.10. The average Bonchev–Trinajstić information content (AvgIpc) is 2.71. The molecule has 2 heterocycles. The molecule has 1 aromatic carbocycles. The first kappa shape index (κ1) is 21.2. The Morgan fingerprint density at radius 3 is 2.66 bits per heavy atom. The number of amides is 1. The number of carbonyl (C=O) groups is 1. The number of hydrogen-bond donors (Lipinski definition) is 2. The van der Waals surface area contributed by atoms with Crippen LogP contribution in [-0.2, 0) is 0 Å². The summed E-state index contributed by atoms with van der Waals surface area (Å²) in [7, 11) is 0. The molecule has 0 spiro atoms. The molecule has 2 N–H and O–H groups in total. The zero-order chi connectivity index (χ0) is 21.0. The van der Waals surface area contributed by atoms with Crippen LogP contribution in [-0.4, -0.2) is 52.2 Å². The van der Waals surface area contributed by atoms with Crippen LogP contribution in [0, 0.1) is 17.6 Å². The van der Waals surface area contributed by atoms with Crippen molar-refractivity contribution in [1.82, 2.24) is 14.9 Å². The van der Waals surface area contributed by atoms with E-state index in [0.29, 0.717) is 37.2 Å². The average molecular weight is 470 g/mol. The minimum Gasteiger partial charge on any atom is -0.465 e. The van der Waals surface area contributed by atoms with E-state index in [1.807, 2.05) is 6.92 Å². The van der Waals surface area contributed by atoms with Gasteiger partial charge in [0.15, 0.2) is 0 Å². The summed E-state index contributed by atoms with van der Waals surface area (Å²) in [4.78, 5) is 23.0. The highest BCUT2D eigenvalue weighted by Gasteiger charge is 2.24. The number of carboxylic acid groups (broad SMARTS) is 1. The molecule has 1 amide bonds. The smallest absolute Gasteiger partial charge is 0.407 e. The number of hydrogen-bond acceptors (Lipinski definition) is 5. The van der Waals surface area contributed by atoms with E-state index in [1.165, 1.54) is 11.2 Å². The van der Waals surface area contributed by atoms with Crippen LogP contribution in [0.25, 0.3) is 0 Å². The van der Waals surface area contributed by atoms with E-state index in [1.54, 1.807) is 6.07 Å². The third kappa shape index (κ3) is 5.31. The molecule has 1 aliphatic rings. The van der Waals surface area contributed by atoms with E-state index in [0.717, 1.165) is 31.5 Å². The maximum atomic E-state index is 14.1. The Labute approximate surface area is 175 Å². The molecule has 7 nitrogen and oxygen atoms in total. The molecule has 156 valence electrons. The summed E-state index contributed by atoms with van der Waals surface area (Å²) in [6.45, 7) is 4.51. The van der Waals surface area contributed by atoms with E-state index in [4.69, 9.17) is 5.11 Å². The van der Waals surface area contributed by atoms with Crippen LogP contribution in [0.2, 0.25) is 0 Å². The summed E-state index contributed by atoms with van der Waals surface area (Å²) < 4.78 is 27.9. The molecule has 0 saturated carbocycles. The van der Waals surface area contributed by atoms with Crippen molar-refractivity contribution in [3.05, 3.63) is 40.6 Å². The second-order valence-electron chi connectivity index (χ2n) is 6.88. The fraction of sp³-hybridized carbons (Fsp3) is 0.421. The topological polar surface area (TPSA) is 81.6 Å². The lowest BCUT2D eigenvalue weighted by Crippen LogP contribution is -2.41. The van der Waals surface area contributed by atoms with Gasteiger partial charge >= 0.3 is 6.09 Å². The molecule has 1 saturated heterocycles. The van der Waals surface area contributed by atoms with Crippen LogP contribution < -0.4 is 10.2 Å². The monoisotopic (exact) mass is 469 g/mol. The maximum Gasteiger partial charge on any atom is 0.407 e. The number of rotatable bonds is 6. The summed E-state index contributed by atoms with van der Waals surface area (Å²) in [5.74, 6) is 0.204. The van der Waals surface area contributed by atoms with Crippen molar-refractivity contribution in [3.8, 4) is 0 Å². The number of nitrogens with zero attached hydrogens (tertiary/aromatic N) is 4. The van der Waals surface area contributed by atoms with Crippen molar-refractivity contribution in [2.75, 3.05) is 36.4 Å². The zero-order valence-electron chi connectivity index (χ0n) is 15.9. The quantitative estimate of drug-likeness (QED) is 0.607. The number of nitrogens with one attached hydrogen (secondary N) is 1. The molecule has 1 fully saturated rings. The molecular weight excluding hydrogens is 448 g/mol. The first-order chi connectivity index (χ1) is 13.9. The number of anilines is 3. The number of piperidine rings is 1. The standard InChI is InChI=1S/C19H22BrF2N5O2/c1-2-26(10-12-3-5-27(6-4-12)19(28)29)18-9-17(23-11-24-18)25-16-8-14(21)13(20)7-15(16)22/h7-9,11-12H,2-6,10H2,1H3,(H,28,29)(H,23,24,25). The van der Waals surface area contributed by atoms with Crippen LogP contribution in [0.15, 0.2) is 29.0 Å². The van der Waals surface area contributed by atoms with Gasteiger partial charge in [-0.15, -0.1) is 0 Å². The lowest BCUT2D eigenvalue weighted by molar-refractivity contribution is 0.125. The highest BCUT2D eigenvalue weighted by atomic mass is 79.9. The molecule has 2 aromatic rings. The van der Waals surface area contributed by atoms with Gasteiger partial charge in [0.25, 0.3) is 0 Å². The molecule has 29 heavy (non-hydrogen) atoms. The number of benzene rings is 1. The van der Waals surface area contributed by atoms with Crippen molar-refractivity contribution in [2.45, 2.75) is 19.8 Å². The summed E-state index contributed by atoms with van der Waals surface area (Å²) in [5.41, 5.74) is -0.0144. The largest absolute Gasteiger partial charge is 0.465 e. The maximum absolute atomic E-state index is 14.1. The first-order valence-corrected chi connectivity index (χ1v) is 10.1. The Kier molecular flexibility index (Phi) is 6.83. The second kappa shape index (κ2) is 9.34. The van der Waals surface area contributed by atoms with Gasteiger partial charge in [-0.3, -0.25) is 0 Å². The van der Waals surface area contributed by atoms with Gasteiger partial charge in [-0.2, -0.15) is 0 Å². The van der Waals surface area contributed by atoms with Crippen molar-refractivity contribution in [1.29, 1.82) is 0 Å². The summed E-state index contributed by atoms with van der Waals surface area (Å²) in [6.07, 6.45) is 2.09. The fourth-order valence-electron chi connectivity index (χ4n) is 3.35. The molecular formula is C19H22BrF2N5O2. The van der Waals surface area contributed by atoms with Crippen LogP contribution >= 0.6 is 15.9 Å². The van der Waals surface area contributed by atoms with Crippen molar-refractivity contribution in [2.24, 2.45) is 5.92 Å². The van der Waals surface area contributed by atoms with Crippen LogP contribution in [0.5, 0.6) is 0 Å². The molecule has 10 heteroatoms. The SMILES string of the molecule is CCN(CC1CCN(C(=O)O)CC1)c1cc(Nc2cc(F)c(Br)cc2F)ncn1. The minimum absolute atomic E-state index is 0.0144. The minimum atomic E-state index is -0.876. The third-order valence-corrected chi connectivity index (χ3v) is 5.60. The summed E-state index contributed by atoms with van der Waals surface area (Å²) in [5, 5.41) is 11.9. The van der Waals surface area contributed by atoms with Crippen molar-refractivity contribution in [3.63, 3.8) is 0 Å². The Morgan fingerprint density at radius 2 is 2.00 bits per heavy atom. The number of aromatic nitrogens is 2. The first-order valence-electron chi connectivity index (χ1n) is 9.33. The van der Waals surface area contributed by atoms with Crippen molar-refractivity contribution < 1.29 is 18.7 Å². The van der Waals surface area contributed by atoms with Gasteiger partial charge in [0.2, 0.25) is 0 Å². The molecule has 1 aromatic heterocycles. The van der Waals surface area contributed by atoms with E-state index in [-0.39, 0.29) is 10.2 Å². The Balaban J connectivity index is 1.69. The lowest BCUT2D eigenvalue weighted by Gasteiger charge is -2.33. The van der Waals surface area contributed by atoms with Crippen molar-refractivity contribution >= 4 is 39.3 Å². The van der Waals surface area contributed by atoms with Gasteiger partial charge in [0.05, 0.1) is 10.2 Å². The summed E-state index contributed by atoms with van der Waals surface area (Å²) in [6, 6.07) is 3.81. The Bertz CT molecular complexity index is 878. The van der Waals surface area contributed by atoms with Gasteiger partial charge < -0.3 is 20.2 Å². The predicted molar refractivity (Wildman–Crippen MR) is 110 cm³/mol. The van der Waals surface area contributed by atoms with Gasteiger partial charge in [0.1, 0.15) is 29.6 Å².